The van der Waals surface area contributed by atoms with Gasteiger partial charge in [0.15, 0.2) is 0 Å². The Morgan fingerprint density at radius 2 is 2.00 bits per heavy atom. The molecule has 0 amide bonds. The molecule has 2 heteroatoms. The summed E-state index contributed by atoms with van der Waals surface area (Å²) in [5, 5.41) is 0. The highest BCUT2D eigenvalue weighted by Gasteiger charge is 2.09. The maximum absolute atomic E-state index is 5.82. The van der Waals surface area contributed by atoms with Gasteiger partial charge in [-0.05, 0) is 44.8 Å². The van der Waals surface area contributed by atoms with Crippen LogP contribution in [0.4, 0.5) is 0 Å². The van der Waals surface area contributed by atoms with Crippen LogP contribution >= 0.6 is 0 Å². The van der Waals surface area contributed by atoms with Gasteiger partial charge in [0.25, 0.3) is 0 Å². The predicted molar refractivity (Wildman–Crippen MR) is 82.9 cm³/mol. The topological polar surface area (TPSA) is 12.5 Å². The van der Waals surface area contributed by atoms with Crippen molar-refractivity contribution in [1.29, 1.82) is 0 Å². The van der Waals surface area contributed by atoms with E-state index >= 15 is 0 Å². The van der Waals surface area contributed by atoms with Crippen LogP contribution < -0.4 is 0 Å². The summed E-state index contributed by atoms with van der Waals surface area (Å²) in [5.74, 6) is 0. The highest BCUT2D eigenvalue weighted by atomic mass is 16.5. The van der Waals surface area contributed by atoms with Gasteiger partial charge in [0.1, 0.15) is 0 Å². The number of allylic oxidation sites excluding steroid dienone is 5. The quantitative estimate of drug-likeness (QED) is 0.561. The summed E-state index contributed by atoms with van der Waals surface area (Å²) in [4.78, 5) is 2.36. The van der Waals surface area contributed by atoms with Gasteiger partial charge in [0, 0.05) is 25.0 Å². The molecule has 0 aromatic carbocycles. The third-order valence-corrected chi connectivity index (χ3v) is 3.32. The second-order valence-electron chi connectivity index (χ2n) is 5.15. The van der Waals surface area contributed by atoms with E-state index in [1.165, 1.54) is 25.0 Å². The van der Waals surface area contributed by atoms with Crippen LogP contribution in [0.2, 0.25) is 0 Å². The Balaban J connectivity index is 2.38. The van der Waals surface area contributed by atoms with E-state index in [1.807, 2.05) is 0 Å². The highest BCUT2D eigenvalue weighted by molar-refractivity contribution is 5.22. The molecule has 1 rings (SSSR count). The van der Waals surface area contributed by atoms with Crippen molar-refractivity contribution in [2.24, 2.45) is 0 Å². The van der Waals surface area contributed by atoms with Crippen molar-refractivity contribution < 1.29 is 4.74 Å². The molecule has 1 heterocycles. The van der Waals surface area contributed by atoms with Gasteiger partial charge in [0.05, 0.1) is 6.10 Å². The molecule has 0 bridgehead atoms. The molecule has 0 aromatic heterocycles. The molecule has 1 atom stereocenters. The van der Waals surface area contributed by atoms with Crippen LogP contribution in [0.25, 0.3) is 0 Å². The van der Waals surface area contributed by atoms with Gasteiger partial charge in [-0.25, -0.2) is 0 Å². The zero-order valence-corrected chi connectivity index (χ0v) is 12.8. The summed E-state index contributed by atoms with van der Waals surface area (Å²) in [7, 11) is 0. The summed E-state index contributed by atoms with van der Waals surface area (Å²) >= 11 is 0. The number of ether oxygens (including phenoxy) is 1. The van der Waals surface area contributed by atoms with Crippen molar-refractivity contribution in [3.8, 4) is 0 Å². The molecule has 1 aliphatic rings. The second-order valence-corrected chi connectivity index (χ2v) is 5.15. The largest absolute Gasteiger partial charge is 0.378 e. The Kier molecular flexibility index (Phi) is 8.31. The first-order valence-electron chi connectivity index (χ1n) is 7.70. The van der Waals surface area contributed by atoms with Crippen molar-refractivity contribution in [3.05, 3.63) is 36.2 Å². The average molecular weight is 263 g/mol. The minimum Gasteiger partial charge on any atom is -0.378 e. The molecular weight excluding hydrogens is 234 g/mol. The molecular formula is C17H29NO. The van der Waals surface area contributed by atoms with Crippen LogP contribution in [0, 0.1) is 0 Å². The lowest BCUT2D eigenvalue weighted by Gasteiger charge is -2.23. The predicted octanol–water partition coefficient (Wildman–Crippen LogP) is 4.65. The Labute approximate surface area is 118 Å². The maximum atomic E-state index is 5.82. The number of unbranched alkanes of at least 4 members (excludes halogenated alkanes) is 1. The molecule has 2 nitrogen and oxygen atoms in total. The minimum atomic E-state index is 0.354. The van der Waals surface area contributed by atoms with E-state index < -0.39 is 0 Å². The lowest BCUT2D eigenvalue weighted by atomic mass is 10.1. The van der Waals surface area contributed by atoms with Crippen LogP contribution in [-0.2, 0) is 4.74 Å². The Morgan fingerprint density at radius 3 is 2.74 bits per heavy atom. The number of rotatable bonds is 9. The first kappa shape index (κ1) is 16.0. The smallest absolute Gasteiger partial charge is 0.0550 e. The summed E-state index contributed by atoms with van der Waals surface area (Å²) in [6.45, 7) is 8.60. The van der Waals surface area contributed by atoms with E-state index in [-0.39, 0.29) is 0 Å². The van der Waals surface area contributed by atoms with Crippen LogP contribution in [0.3, 0.4) is 0 Å². The molecule has 0 spiro atoms. The first-order valence-corrected chi connectivity index (χ1v) is 7.70. The van der Waals surface area contributed by atoms with E-state index in [2.05, 4.69) is 56.2 Å². The monoisotopic (exact) mass is 263 g/mol. The Hall–Kier alpha value is -1.02. The number of nitrogens with zero attached hydrogens (tertiary/aromatic N) is 1. The molecule has 1 aliphatic heterocycles. The summed E-state index contributed by atoms with van der Waals surface area (Å²) < 4.78 is 5.82. The van der Waals surface area contributed by atoms with Crippen molar-refractivity contribution in [3.63, 3.8) is 0 Å². The maximum Gasteiger partial charge on any atom is 0.0550 e. The normalized spacial score (nSPS) is 16.4. The van der Waals surface area contributed by atoms with Gasteiger partial charge < -0.3 is 9.64 Å². The third kappa shape index (κ3) is 6.63. The molecule has 0 fully saturated rings. The molecule has 0 saturated heterocycles. The van der Waals surface area contributed by atoms with Gasteiger partial charge in [-0.3, -0.25) is 0 Å². The van der Waals surface area contributed by atoms with E-state index in [9.17, 15) is 0 Å². The van der Waals surface area contributed by atoms with Gasteiger partial charge in [0.2, 0.25) is 0 Å². The summed E-state index contributed by atoms with van der Waals surface area (Å²) in [6, 6.07) is 0. The summed E-state index contributed by atoms with van der Waals surface area (Å²) in [6.07, 6.45) is 16.8. The lowest BCUT2D eigenvalue weighted by Crippen LogP contribution is -2.19. The van der Waals surface area contributed by atoms with E-state index in [0.29, 0.717) is 6.10 Å². The Bertz CT molecular complexity index is 317. The van der Waals surface area contributed by atoms with E-state index in [4.69, 9.17) is 4.74 Å². The van der Waals surface area contributed by atoms with Crippen molar-refractivity contribution in [1.82, 2.24) is 4.90 Å². The fraction of sp³-hybridized carbons (Fsp3) is 0.647. The summed E-state index contributed by atoms with van der Waals surface area (Å²) in [5.41, 5.74) is 1.40. The van der Waals surface area contributed by atoms with Crippen molar-refractivity contribution in [2.75, 3.05) is 13.2 Å². The van der Waals surface area contributed by atoms with Crippen molar-refractivity contribution in [2.45, 2.75) is 59.0 Å². The molecule has 0 saturated carbocycles. The van der Waals surface area contributed by atoms with Gasteiger partial charge in [-0.2, -0.15) is 0 Å². The van der Waals surface area contributed by atoms with Crippen LogP contribution in [-0.4, -0.2) is 24.2 Å². The minimum absolute atomic E-state index is 0.354. The average Bonchev–Trinajstić information content (AvgIpc) is 2.63. The molecule has 0 N–H and O–H groups in total. The fourth-order valence-electron chi connectivity index (χ4n) is 2.13. The number of hydrogen-bond acceptors (Lipinski definition) is 2. The Morgan fingerprint density at radius 1 is 1.16 bits per heavy atom. The fourth-order valence-corrected chi connectivity index (χ4v) is 2.13. The molecule has 19 heavy (non-hydrogen) atoms. The second kappa shape index (κ2) is 9.85. The van der Waals surface area contributed by atoms with E-state index in [1.54, 1.807) is 0 Å². The third-order valence-electron chi connectivity index (χ3n) is 3.32. The highest BCUT2D eigenvalue weighted by Crippen LogP contribution is 2.17. The van der Waals surface area contributed by atoms with Gasteiger partial charge >= 0.3 is 0 Å². The van der Waals surface area contributed by atoms with Crippen molar-refractivity contribution >= 4 is 0 Å². The van der Waals surface area contributed by atoms with Crippen LogP contribution in [0.15, 0.2) is 36.2 Å². The van der Waals surface area contributed by atoms with Crippen LogP contribution in [0.5, 0.6) is 0 Å². The molecule has 1 unspecified atom stereocenters. The van der Waals surface area contributed by atoms with E-state index in [0.717, 1.165) is 26.0 Å². The van der Waals surface area contributed by atoms with Crippen LogP contribution in [0.1, 0.15) is 52.9 Å². The zero-order chi connectivity index (χ0) is 13.9. The van der Waals surface area contributed by atoms with Gasteiger partial charge in [-0.15, -0.1) is 0 Å². The first-order chi connectivity index (χ1) is 9.27. The molecule has 0 aromatic rings. The number of hydrogen-bond donors (Lipinski definition) is 0. The molecule has 108 valence electrons. The standard InChI is InChI=1S/C17H29NO/c1-4-6-15-19-16(3)11-12-17-10-8-7-9-14-18(17)13-5-2/h7-10,14,16H,4-6,11-13,15H2,1-3H3. The zero-order valence-electron chi connectivity index (χ0n) is 12.8. The molecule has 0 aliphatic carbocycles. The lowest BCUT2D eigenvalue weighted by molar-refractivity contribution is 0.0576. The SMILES string of the molecule is CCCCOC(C)CCC1=CC=CC=CN1CCC. The van der Waals surface area contributed by atoms with Gasteiger partial charge in [-0.1, -0.05) is 32.4 Å². The molecule has 0 radical (unpaired) electrons.